The first-order valence-corrected chi connectivity index (χ1v) is 15.2. The molecule has 0 saturated carbocycles. The Morgan fingerprint density at radius 1 is 1.20 bits per heavy atom. The summed E-state index contributed by atoms with van der Waals surface area (Å²) in [6, 6.07) is 17.4. The van der Waals surface area contributed by atoms with Crippen LogP contribution in [-0.2, 0) is 20.0 Å². The van der Waals surface area contributed by atoms with Crippen LogP contribution in [0.1, 0.15) is 55.0 Å². The maximum absolute atomic E-state index is 11.2. The zero-order chi connectivity index (χ0) is 29.1. The Morgan fingerprint density at radius 2 is 2.02 bits per heavy atom. The van der Waals surface area contributed by atoms with Gasteiger partial charge in [-0.1, -0.05) is 71.7 Å². The molecule has 3 aromatic rings. The molecule has 1 aliphatic rings. The molecule has 0 amide bonds. The molecule has 3 N–H and O–H groups in total. The second-order valence-corrected chi connectivity index (χ2v) is 11.3. The fourth-order valence-electron chi connectivity index (χ4n) is 4.70. The maximum Gasteiger partial charge on any atom is 0.203 e. The predicted molar refractivity (Wildman–Crippen MR) is 166 cm³/mol. The Hall–Kier alpha value is -2.50. The summed E-state index contributed by atoms with van der Waals surface area (Å²) in [6.07, 6.45) is 1.54. The highest BCUT2D eigenvalue weighted by atomic mass is 35.5. The van der Waals surface area contributed by atoms with Crippen LogP contribution in [0, 0.1) is 0 Å². The van der Waals surface area contributed by atoms with Crippen molar-refractivity contribution in [3.8, 4) is 0 Å². The molecule has 0 saturated heterocycles. The number of aliphatic imine (C=N–C) groups is 1. The maximum atomic E-state index is 11.2. The van der Waals surface area contributed by atoms with E-state index in [1.54, 1.807) is 17.4 Å². The SMILES string of the molecule is CCC(O)(CCNCCC(/C(COCC1=NC(c2ccsc2)ON1)=N/OC)c1ccc(Cl)c(Cl)c1)c1ccccc1. The zero-order valence-electron chi connectivity index (χ0n) is 23.2. The molecule has 0 bridgehead atoms. The molecule has 3 unspecified atom stereocenters. The van der Waals surface area contributed by atoms with E-state index in [1.807, 2.05) is 66.2 Å². The van der Waals surface area contributed by atoms with Gasteiger partial charge in [-0.3, -0.25) is 0 Å². The first-order chi connectivity index (χ1) is 19.9. The number of amidine groups is 1. The molecule has 3 atom stereocenters. The van der Waals surface area contributed by atoms with Gasteiger partial charge in [-0.25, -0.2) is 15.3 Å². The van der Waals surface area contributed by atoms with Crippen molar-refractivity contribution in [1.29, 1.82) is 0 Å². The van der Waals surface area contributed by atoms with E-state index in [1.165, 1.54) is 7.11 Å². The van der Waals surface area contributed by atoms with E-state index in [9.17, 15) is 5.11 Å². The number of rotatable bonds is 16. The van der Waals surface area contributed by atoms with E-state index < -0.39 is 5.60 Å². The minimum absolute atomic E-state index is 0.148. The molecule has 220 valence electrons. The third-order valence-corrected chi connectivity index (χ3v) is 8.50. The molecule has 1 aromatic heterocycles. The number of oxime groups is 1. The van der Waals surface area contributed by atoms with Gasteiger partial charge in [0.1, 0.15) is 19.6 Å². The number of benzene rings is 2. The fraction of sp³-hybridized carbons (Fsp3) is 0.400. The van der Waals surface area contributed by atoms with Crippen LogP contribution < -0.4 is 10.8 Å². The Morgan fingerprint density at radius 3 is 2.73 bits per heavy atom. The Labute approximate surface area is 255 Å². The Bertz CT molecular complexity index is 1290. The molecule has 0 aliphatic carbocycles. The number of ether oxygens (including phenoxy) is 1. The molecule has 0 fully saturated rings. The molecule has 2 heterocycles. The lowest BCUT2D eigenvalue weighted by Gasteiger charge is -2.28. The standard InChI is InChI=1S/C30H36Cl2N4O4S/c1-3-30(37,23-7-5-4-6-8-23)13-15-33-14-11-24(21-9-10-25(31)26(32)17-21)27(35-38-2)18-39-19-28-34-29(40-36-28)22-12-16-41-20-22/h4-10,12,16-17,20,24,29,33,37H,3,11,13-15,18-19H2,1-2H3,(H,34,36)/b35-27+. The summed E-state index contributed by atoms with van der Waals surface area (Å²) < 4.78 is 6.00. The van der Waals surface area contributed by atoms with Crippen LogP contribution in [0.3, 0.4) is 0 Å². The third-order valence-electron chi connectivity index (χ3n) is 7.06. The van der Waals surface area contributed by atoms with Gasteiger partial charge < -0.3 is 20.0 Å². The summed E-state index contributed by atoms with van der Waals surface area (Å²) >= 11 is 14.2. The molecular formula is C30H36Cl2N4O4S. The van der Waals surface area contributed by atoms with Crippen LogP contribution in [0.2, 0.25) is 10.0 Å². The van der Waals surface area contributed by atoms with E-state index in [0.717, 1.165) is 16.7 Å². The summed E-state index contributed by atoms with van der Waals surface area (Å²) in [5, 5.41) is 24.0. The van der Waals surface area contributed by atoms with Crippen molar-refractivity contribution in [3.05, 3.63) is 92.1 Å². The summed E-state index contributed by atoms with van der Waals surface area (Å²) in [5.74, 6) is 0.456. The highest BCUT2D eigenvalue weighted by Crippen LogP contribution is 2.30. The van der Waals surface area contributed by atoms with Gasteiger partial charge in [0.05, 0.1) is 28.0 Å². The van der Waals surface area contributed by atoms with Gasteiger partial charge in [0, 0.05) is 11.5 Å². The predicted octanol–water partition coefficient (Wildman–Crippen LogP) is 6.46. The number of aliphatic hydroxyl groups is 1. The van der Waals surface area contributed by atoms with Crippen molar-refractivity contribution < 1.29 is 19.5 Å². The van der Waals surface area contributed by atoms with Crippen molar-refractivity contribution in [1.82, 2.24) is 10.8 Å². The topological polar surface area (TPSA) is 96.7 Å². The fourth-order valence-corrected chi connectivity index (χ4v) is 5.67. The van der Waals surface area contributed by atoms with Crippen LogP contribution in [0.15, 0.2) is 75.5 Å². The van der Waals surface area contributed by atoms with Crippen LogP contribution in [-0.4, -0.2) is 50.1 Å². The number of nitrogens with one attached hydrogen (secondary N) is 2. The van der Waals surface area contributed by atoms with Gasteiger partial charge >= 0.3 is 0 Å². The Kier molecular flexibility index (Phi) is 12.0. The smallest absolute Gasteiger partial charge is 0.203 e. The first-order valence-electron chi connectivity index (χ1n) is 13.5. The lowest BCUT2D eigenvalue weighted by atomic mass is 9.88. The number of halogens is 2. The number of hydrogen-bond donors (Lipinski definition) is 3. The zero-order valence-corrected chi connectivity index (χ0v) is 25.5. The first kappa shape index (κ1) is 31.4. The Balaban J connectivity index is 1.37. The highest BCUT2D eigenvalue weighted by molar-refractivity contribution is 7.08. The van der Waals surface area contributed by atoms with Crippen LogP contribution in [0.5, 0.6) is 0 Å². The largest absolute Gasteiger partial charge is 0.399 e. The molecule has 1 aliphatic heterocycles. The second-order valence-electron chi connectivity index (χ2n) is 9.73. The molecule has 2 aromatic carbocycles. The van der Waals surface area contributed by atoms with Crippen LogP contribution in [0.4, 0.5) is 0 Å². The van der Waals surface area contributed by atoms with Crippen molar-refractivity contribution in [3.63, 3.8) is 0 Å². The second kappa shape index (κ2) is 15.7. The molecule has 0 spiro atoms. The van der Waals surface area contributed by atoms with Gasteiger partial charge in [-0.15, -0.1) is 0 Å². The van der Waals surface area contributed by atoms with Crippen molar-refractivity contribution in [2.24, 2.45) is 10.1 Å². The summed E-state index contributed by atoms with van der Waals surface area (Å²) in [6.45, 7) is 3.77. The van der Waals surface area contributed by atoms with Gasteiger partial charge in [0.25, 0.3) is 0 Å². The van der Waals surface area contributed by atoms with E-state index >= 15 is 0 Å². The number of nitrogens with zero attached hydrogens (tertiary/aromatic N) is 2. The lowest BCUT2D eigenvalue weighted by Crippen LogP contribution is -2.32. The number of hydrogen-bond acceptors (Lipinski definition) is 9. The molecule has 4 rings (SSSR count). The van der Waals surface area contributed by atoms with E-state index in [2.05, 4.69) is 20.9 Å². The molecular weight excluding hydrogens is 583 g/mol. The van der Waals surface area contributed by atoms with Crippen LogP contribution >= 0.6 is 34.5 Å². The van der Waals surface area contributed by atoms with Crippen molar-refractivity contribution >= 4 is 46.1 Å². The summed E-state index contributed by atoms with van der Waals surface area (Å²) in [5.41, 5.74) is 5.55. The monoisotopic (exact) mass is 618 g/mol. The average molecular weight is 620 g/mol. The average Bonchev–Trinajstić information content (AvgIpc) is 3.69. The summed E-state index contributed by atoms with van der Waals surface area (Å²) in [7, 11) is 1.52. The third kappa shape index (κ3) is 8.75. The molecule has 8 nitrogen and oxygen atoms in total. The normalized spacial score (nSPS) is 17.5. The highest BCUT2D eigenvalue weighted by Gasteiger charge is 2.27. The lowest BCUT2D eigenvalue weighted by molar-refractivity contribution is 0.0237. The van der Waals surface area contributed by atoms with Gasteiger partial charge in [-0.05, 0) is 72.4 Å². The minimum Gasteiger partial charge on any atom is -0.399 e. The molecule has 0 radical (unpaired) electrons. The molecule has 11 heteroatoms. The van der Waals surface area contributed by atoms with E-state index in [0.29, 0.717) is 53.9 Å². The van der Waals surface area contributed by atoms with Crippen molar-refractivity contribution in [2.75, 3.05) is 33.4 Å². The number of hydroxylamine groups is 1. The van der Waals surface area contributed by atoms with Gasteiger partial charge in [0.2, 0.25) is 6.23 Å². The van der Waals surface area contributed by atoms with Gasteiger partial charge in [-0.2, -0.15) is 11.3 Å². The van der Waals surface area contributed by atoms with E-state index in [4.69, 9.17) is 37.6 Å². The van der Waals surface area contributed by atoms with Crippen molar-refractivity contribution in [2.45, 2.75) is 43.9 Å². The van der Waals surface area contributed by atoms with Crippen LogP contribution in [0.25, 0.3) is 0 Å². The van der Waals surface area contributed by atoms with E-state index in [-0.39, 0.29) is 25.4 Å². The summed E-state index contributed by atoms with van der Waals surface area (Å²) in [4.78, 5) is 15.3. The molecule has 41 heavy (non-hydrogen) atoms. The van der Waals surface area contributed by atoms with Gasteiger partial charge in [0.15, 0.2) is 0 Å². The number of thiophene rings is 1. The quantitative estimate of drug-likeness (QED) is 0.0968. The minimum atomic E-state index is -0.878.